The summed E-state index contributed by atoms with van der Waals surface area (Å²) in [6.45, 7) is 0. The first-order chi connectivity index (χ1) is 18.8. The lowest BCUT2D eigenvalue weighted by Crippen LogP contribution is -1.95. The summed E-state index contributed by atoms with van der Waals surface area (Å²) >= 11 is 0. The number of aromatic nitrogens is 4. The maximum atomic E-state index is 4.78. The van der Waals surface area contributed by atoms with Crippen LogP contribution in [0.3, 0.4) is 0 Å². The van der Waals surface area contributed by atoms with Gasteiger partial charge in [-0.25, -0.2) is 9.97 Å². The zero-order chi connectivity index (χ0) is 25.1. The monoisotopic (exact) mass is 486 g/mol. The van der Waals surface area contributed by atoms with Crippen molar-refractivity contribution in [1.82, 2.24) is 19.1 Å². The van der Waals surface area contributed by atoms with Crippen LogP contribution in [0.1, 0.15) is 0 Å². The first-order valence-electron chi connectivity index (χ1n) is 12.8. The number of fused-ring (bicyclic) bond motifs is 6. The molecule has 5 aromatic carbocycles. The van der Waals surface area contributed by atoms with E-state index < -0.39 is 0 Å². The molecule has 178 valence electrons. The van der Waals surface area contributed by atoms with Gasteiger partial charge in [-0.3, -0.25) is 0 Å². The van der Waals surface area contributed by atoms with E-state index in [9.17, 15) is 0 Å². The summed E-state index contributed by atoms with van der Waals surface area (Å²) in [5.41, 5.74) is 7.82. The van der Waals surface area contributed by atoms with Crippen LogP contribution in [-0.2, 0) is 0 Å². The molecule has 0 saturated heterocycles. The third-order valence-corrected chi connectivity index (χ3v) is 7.41. The largest absolute Gasteiger partial charge is 0.317 e. The summed E-state index contributed by atoms with van der Waals surface area (Å²) in [7, 11) is 0. The lowest BCUT2D eigenvalue weighted by molar-refractivity contribution is 1.13. The van der Waals surface area contributed by atoms with Crippen molar-refractivity contribution in [2.24, 2.45) is 0 Å². The molecule has 38 heavy (non-hydrogen) atoms. The fraction of sp³-hybridized carbons (Fsp3) is 0. The van der Waals surface area contributed by atoms with E-state index in [0.717, 1.165) is 33.7 Å². The highest BCUT2D eigenvalue weighted by Crippen LogP contribution is 2.38. The molecule has 0 unspecified atom stereocenters. The first-order valence-corrected chi connectivity index (χ1v) is 12.8. The molecule has 8 aromatic rings. The normalized spacial score (nSPS) is 11.7. The van der Waals surface area contributed by atoms with Gasteiger partial charge in [-0.1, -0.05) is 54.6 Å². The van der Waals surface area contributed by atoms with Gasteiger partial charge >= 0.3 is 0 Å². The topological polar surface area (TPSA) is 35.6 Å². The van der Waals surface area contributed by atoms with Crippen molar-refractivity contribution < 1.29 is 0 Å². The zero-order valence-corrected chi connectivity index (χ0v) is 20.5. The van der Waals surface area contributed by atoms with Crippen molar-refractivity contribution >= 4 is 43.6 Å². The molecular weight excluding hydrogens is 464 g/mol. The second-order valence-electron chi connectivity index (χ2n) is 9.57. The van der Waals surface area contributed by atoms with Gasteiger partial charge in [-0.05, 0) is 66.7 Å². The van der Waals surface area contributed by atoms with Crippen LogP contribution in [-0.4, -0.2) is 19.1 Å². The van der Waals surface area contributed by atoms with Gasteiger partial charge < -0.3 is 9.13 Å². The summed E-state index contributed by atoms with van der Waals surface area (Å²) in [5, 5.41) is 4.82. The quantitative estimate of drug-likeness (QED) is 0.252. The summed E-state index contributed by atoms with van der Waals surface area (Å²) in [6, 6.07) is 42.5. The van der Waals surface area contributed by atoms with Gasteiger partial charge in [0.25, 0.3) is 0 Å². The Morgan fingerprint density at radius 3 is 2.16 bits per heavy atom. The Bertz CT molecular complexity index is 2120. The molecule has 0 aliphatic carbocycles. The second kappa shape index (κ2) is 8.15. The highest BCUT2D eigenvalue weighted by Gasteiger charge is 2.16. The number of hydrogen-bond acceptors (Lipinski definition) is 2. The Labute approximate surface area is 219 Å². The molecular formula is C34H22N4. The molecule has 0 radical (unpaired) electrons. The lowest BCUT2D eigenvalue weighted by atomic mass is 10.1. The van der Waals surface area contributed by atoms with E-state index in [4.69, 9.17) is 4.98 Å². The van der Waals surface area contributed by atoms with Gasteiger partial charge in [0.15, 0.2) is 5.82 Å². The molecule has 0 amide bonds. The number of rotatable bonds is 3. The van der Waals surface area contributed by atoms with E-state index in [2.05, 4.69) is 117 Å². The van der Waals surface area contributed by atoms with E-state index in [-0.39, 0.29) is 0 Å². The molecule has 4 nitrogen and oxygen atoms in total. The molecule has 3 heterocycles. The van der Waals surface area contributed by atoms with Gasteiger partial charge in [0, 0.05) is 50.9 Å². The number of benzene rings is 5. The minimum Gasteiger partial charge on any atom is -0.317 e. The van der Waals surface area contributed by atoms with Gasteiger partial charge in [0.2, 0.25) is 0 Å². The van der Waals surface area contributed by atoms with Crippen molar-refractivity contribution in [2.45, 2.75) is 0 Å². The average molecular weight is 487 g/mol. The van der Waals surface area contributed by atoms with Crippen LogP contribution < -0.4 is 0 Å². The fourth-order valence-electron chi connectivity index (χ4n) is 5.65. The van der Waals surface area contributed by atoms with Crippen LogP contribution in [0.2, 0.25) is 0 Å². The first kappa shape index (κ1) is 20.9. The van der Waals surface area contributed by atoms with Gasteiger partial charge in [0.05, 0.1) is 22.1 Å². The van der Waals surface area contributed by atoms with Crippen molar-refractivity contribution in [2.75, 3.05) is 0 Å². The number of hydrogen-bond donors (Lipinski definition) is 0. The van der Waals surface area contributed by atoms with E-state index in [1.54, 1.807) is 0 Å². The molecule has 0 bridgehead atoms. The smallest absolute Gasteiger partial charge is 0.159 e. The van der Waals surface area contributed by atoms with Crippen molar-refractivity contribution in [3.8, 4) is 22.8 Å². The Morgan fingerprint density at radius 2 is 1.26 bits per heavy atom. The predicted octanol–water partition coefficient (Wildman–Crippen LogP) is 8.34. The van der Waals surface area contributed by atoms with Gasteiger partial charge in [-0.2, -0.15) is 0 Å². The standard InChI is InChI=1S/C34H22N4/c1-2-9-25(10-3-1)37-21-20-28-30(37)18-19-32-33(28)27-11-5-7-13-31(27)38(32)26-16-14-23(15-17-26)34-35-22-24-8-4-6-12-29(24)36-34/h1-22H. The average Bonchev–Trinajstić information content (AvgIpc) is 3.57. The van der Waals surface area contributed by atoms with Gasteiger partial charge in [0.1, 0.15) is 0 Å². The Balaban J connectivity index is 1.31. The Morgan fingerprint density at radius 1 is 0.526 bits per heavy atom. The summed E-state index contributed by atoms with van der Waals surface area (Å²) in [5.74, 6) is 0.737. The van der Waals surface area contributed by atoms with E-state index in [1.165, 1.54) is 32.7 Å². The third kappa shape index (κ3) is 3.10. The minimum absolute atomic E-state index is 0.737. The second-order valence-corrected chi connectivity index (χ2v) is 9.57. The zero-order valence-electron chi connectivity index (χ0n) is 20.5. The molecule has 0 aliphatic rings. The molecule has 4 heteroatoms. The molecule has 0 saturated carbocycles. The highest BCUT2D eigenvalue weighted by atomic mass is 15.0. The number of para-hydroxylation sites is 3. The fourth-order valence-corrected chi connectivity index (χ4v) is 5.65. The molecule has 3 aromatic heterocycles. The Kier molecular flexibility index (Phi) is 4.49. The van der Waals surface area contributed by atoms with Crippen LogP contribution in [0.5, 0.6) is 0 Å². The molecule has 0 atom stereocenters. The molecule has 0 N–H and O–H groups in total. The van der Waals surface area contributed by atoms with Crippen LogP contribution in [0.4, 0.5) is 0 Å². The maximum absolute atomic E-state index is 4.78. The summed E-state index contributed by atoms with van der Waals surface area (Å²) < 4.78 is 4.62. The van der Waals surface area contributed by atoms with Crippen LogP contribution in [0.15, 0.2) is 134 Å². The van der Waals surface area contributed by atoms with Crippen molar-refractivity contribution in [3.05, 3.63) is 134 Å². The van der Waals surface area contributed by atoms with Crippen LogP contribution >= 0.6 is 0 Å². The van der Waals surface area contributed by atoms with Crippen LogP contribution in [0, 0.1) is 0 Å². The molecule has 0 aliphatic heterocycles. The predicted molar refractivity (Wildman–Crippen MR) is 156 cm³/mol. The third-order valence-electron chi connectivity index (χ3n) is 7.41. The summed E-state index contributed by atoms with van der Waals surface area (Å²) in [4.78, 5) is 9.39. The SMILES string of the molecule is c1ccc(-n2ccc3c4c5ccccc5n(-c5ccc(-c6ncc7ccccc7n6)cc5)c4ccc32)cc1. The molecule has 8 rings (SSSR count). The lowest BCUT2D eigenvalue weighted by Gasteiger charge is -2.10. The maximum Gasteiger partial charge on any atom is 0.159 e. The Hall–Kier alpha value is -5.22. The van der Waals surface area contributed by atoms with Crippen molar-refractivity contribution in [1.29, 1.82) is 0 Å². The van der Waals surface area contributed by atoms with E-state index in [1.807, 2.05) is 30.5 Å². The highest BCUT2D eigenvalue weighted by molar-refractivity contribution is 6.21. The van der Waals surface area contributed by atoms with E-state index in [0.29, 0.717) is 0 Å². The van der Waals surface area contributed by atoms with Crippen LogP contribution in [0.25, 0.3) is 66.4 Å². The summed E-state index contributed by atoms with van der Waals surface area (Å²) in [6.07, 6.45) is 4.06. The number of nitrogens with zero attached hydrogens (tertiary/aromatic N) is 4. The molecule has 0 spiro atoms. The van der Waals surface area contributed by atoms with Gasteiger partial charge in [-0.15, -0.1) is 0 Å². The minimum atomic E-state index is 0.737. The van der Waals surface area contributed by atoms with E-state index >= 15 is 0 Å². The molecule has 0 fully saturated rings. The van der Waals surface area contributed by atoms with Crippen molar-refractivity contribution in [3.63, 3.8) is 0 Å².